The molecule has 0 unspecified atom stereocenters. The fraction of sp³-hybridized carbons (Fsp3) is 0.727. The molecule has 1 N–H and O–H groups in total. The van der Waals surface area contributed by atoms with Crippen molar-refractivity contribution in [3.63, 3.8) is 0 Å². The quantitative estimate of drug-likeness (QED) is 0.749. The SMILES string of the molecule is CC(C)c1nn(C)c(O)c1C(C)(C)C. The first-order valence-electron chi connectivity index (χ1n) is 5.01. The number of rotatable bonds is 1. The van der Waals surface area contributed by atoms with E-state index in [9.17, 15) is 5.11 Å². The molecule has 0 aliphatic rings. The van der Waals surface area contributed by atoms with Crippen LogP contribution in [0, 0.1) is 0 Å². The molecule has 0 saturated heterocycles. The number of hydrogen-bond acceptors (Lipinski definition) is 2. The van der Waals surface area contributed by atoms with Crippen molar-refractivity contribution in [1.82, 2.24) is 9.78 Å². The Hall–Kier alpha value is -0.990. The second-order valence-corrected chi connectivity index (χ2v) is 5.11. The maximum absolute atomic E-state index is 9.90. The number of hydrogen-bond donors (Lipinski definition) is 1. The highest BCUT2D eigenvalue weighted by Crippen LogP contribution is 2.36. The molecule has 0 radical (unpaired) electrons. The first kappa shape index (κ1) is 11.1. The van der Waals surface area contributed by atoms with Gasteiger partial charge in [-0.15, -0.1) is 0 Å². The van der Waals surface area contributed by atoms with Gasteiger partial charge in [-0.3, -0.25) is 0 Å². The van der Waals surface area contributed by atoms with Crippen molar-refractivity contribution in [3.8, 4) is 5.88 Å². The summed E-state index contributed by atoms with van der Waals surface area (Å²) in [7, 11) is 1.77. The van der Waals surface area contributed by atoms with Gasteiger partial charge < -0.3 is 5.11 Å². The second kappa shape index (κ2) is 3.30. The minimum Gasteiger partial charge on any atom is -0.493 e. The molecule has 1 aromatic rings. The molecule has 3 heteroatoms. The van der Waals surface area contributed by atoms with E-state index in [1.54, 1.807) is 11.7 Å². The third-order valence-corrected chi connectivity index (χ3v) is 2.34. The Kier molecular flexibility index (Phi) is 2.61. The lowest BCUT2D eigenvalue weighted by Crippen LogP contribution is -2.13. The van der Waals surface area contributed by atoms with Crippen LogP contribution >= 0.6 is 0 Å². The van der Waals surface area contributed by atoms with Crippen LogP contribution in [0.3, 0.4) is 0 Å². The third-order valence-electron chi connectivity index (χ3n) is 2.34. The van der Waals surface area contributed by atoms with Crippen LogP contribution in [-0.2, 0) is 12.5 Å². The number of nitrogens with zero attached hydrogens (tertiary/aromatic N) is 2. The van der Waals surface area contributed by atoms with Crippen LogP contribution in [0.5, 0.6) is 5.88 Å². The van der Waals surface area contributed by atoms with Crippen LogP contribution in [-0.4, -0.2) is 14.9 Å². The van der Waals surface area contributed by atoms with Gasteiger partial charge in [0.05, 0.1) is 5.69 Å². The number of aryl methyl sites for hydroxylation is 1. The van der Waals surface area contributed by atoms with E-state index < -0.39 is 0 Å². The van der Waals surface area contributed by atoms with Gasteiger partial charge in [-0.25, -0.2) is 4.68 Å². The van der Waals surface area contributed by atoms with E-state index in [1.165, 1.54) is 0 Å². The molecule has 0 bridgehead atoms. The van der Waals surface area contributed by atoms with Gasteiger partial charge in [-0.05, 0) is 11.3 Å². The van der Waals surface area contributed by atoms with Crippen LogP contribution in [0.25, 0.3) is 0 Å². The highest BCUT2D eigenvalue weighted by molar-refractivity contribution is 5.38. The van der Waals surface area contributed by atoms with E-state index in [4.69, 9.17) is 0 Å². The van der Waals surface area contributed by atoms with Gasteiger partial charge in [0.25, 0.3) is 0 Å². The standard InChI is InChI=1S/C11H20N2O/c1-7(2)9-8(11(3,4)5)10(14)13(6)12-9/h7,14H,1-6H3. The zero-order valence-electron chi connectivity index (χ0n) is 9.92. The van der Waals surface area contributed by atoms with E-state index >= 15 is 0 Å². The molecular formula is C11H20N2O. The summed E-state index contributed by atoms with van der Waals surface area (Å²) < 4.78 is 1.55. The molecule has 80 valence electrons. The lowest BCUT2D eigenvalue weighted by atomic mass is 9.84. The van der Waals surface area contributed by atoms with E-state index in [0.29, 0.717) is 11.8 Å². The first-order valence-corrected chi connectivity index (χ1v) is 5.01. The predicted octanol–water partition coefficient (Wildman–Crippen LogP) is 2.55. The highest BCUT2D eigenvalue weighted by Gasteiger charge is 2.27. The van der Waals surface area contributed by atoms with E-state index in [2.05, 4.69) is 39.7 Å². The Morgan fingerprint density at radius 2 is 1.79 bits per heavy atom. The molecular weight excluding hydrogens is 176 g/mol. The van der Waals surface area contributed by atoms with Crippen molar-refractivity contribution >= 4 is 0 Å². The molecule has 0 atom stereocenters. The maximum atomic E-state index is 9.90. The summed E-state index contributed by atoms with van der Waals surface area (Å²) in [5, 5.41) is 14.2. The zero-order valence-corrected chi connectivity index (χ0v) is 9.92. The Labute approximate surface area is 85.8 Å². The summed E-state index contributed by atoms with van der Waals surface area (Å²) in [6, 6.07) is 0. The monoisotopic (exact) mass is 196 g/mol. The Morgan fingerprint density at radius 3 is 2.07 bits per heavy atom. The van der Waals surface area contributed by atoms with E-state index in [-0.39, 0.29) is 5.41 Å². The molecule has 0 fully saturated rings. The van der Waals surface area contributed by atoms with Crippen molar-refractivity contribution in [2.75, 3.05) is 0 Å². The van der Waals surface area contributed by atoms with Gasteiger partial charge in [0.1, 0.15) is 0 Å². The molecule has 0 spiro atoms. The molecule has 1 aromatic heterocycles. The van der Waals surface area contributed by atoms with Gasteiger partial charge in [-0.1, -0.05) is 34.6 Å². The average Bonchev–Trinajstić information content (AvgIpc) is 2.27. The summed E-state index contributed by atoms with van der Waals surface area (Å²) >= 11 is 0. The van der Waals surface area contributed by atoms with Crippen molar-refractivity contribution in [2.45, 2.75) is 46.0 Å². The average molecular weight is 196 g/mol. The minimum absolute atomic E-state index is 0.0576. The van der Waals surface area contributed by atoms with E-state index in [0.717, 1.165) is 11.3 Å². The van der Waals surface area contributed by atoms with Crippen LogP contribution in [0.1, 0.15) is 51.8 Å². The Bertz CT molecular complexity index is 332. The molecule has 0 aliphatic heterocycles. The maximum Gasteiger partial charge on any atom is 0.213 e. The van der Waals surface area contributed by atoms with Crippen molar-refractivity contribution in [1.29, 1.82) is 0 Å². The highest BCUT2D eigenvalue weighted by atomic mass is 16.3. The largest absolute Gasteiger partial charge is 0.493 e. The summed E-state index contributed by atoms with van der Waals surface area (Å²) in [6.45, 7) is 10.5. The summed E-state index contributed by atoms with van der Waals surface area (Å²) in [6.07, 6.45) is 0. The van der Waals surface area contributed by atoms with Crippen LogP contribution in [0.2, 0.25) is 0 Å². The summed E-state index contributed by atoms with van der Waals surface area (Å²) in [5.74, 6) is 0.637. The van der Waals surface area contributed by atoms with Crippen LogP contribution < -0.4 is 0 Å². The summed E-state index contributed by atoms with van der Waals surface area (Å²) in [4.78, 5) is 0. The molecule has 0 aliphatic carbocycles. The fourth-order valence-corrected chi connectivity index (χ4v) is 1.66. The van der Waals surface area contributed by atoms with Crippen molar-refractivity contribution < 1.29 is 5.11 Å². The summed E-state index contributed by atoms with van der Waals surface area (Å²) in [5.41, 5.74) is 1.91. The molecule has 0 amide bonds. The van der Waals surface area contributed by atoms with Gasteiger partial charge in [0, 0.05) is 12.6 Å². The molecule has 14 heavy (non-hydrogen) atoms. The Balaban J connectivity index is 3.38. The van der Waals surface area contributed by atoms with Gasteiger partial charge in [-0.2, -0.15) is 5.10 Å². The Morgan fingerprint density at radius 1 is 1.29 bits per heavy atom. The fourth-order valence-electron chi connectivity index (χ4n) is 1.66. The van der Waals surface area contributed by atoms with Crippen molar-refractivity contribution in [2.24, 2.45) is 7.05 Å². The van der Waals surface area contributed by atoms with Crippen LogP contribution in [0.4, 0.5) is 0 Å². The topological polar surface area (TPSA) is 38.0 Å². The van der Waals surface area contributed by atoms with Crippen molar-refractivity contribution in [3.05, 3.63) is 11.3 Å². The zero-order chi connectivity index (χ0) is 11.1. The third kappa shape index (κ3) is 1.76. The predicted molar refractivity (Wildman–Crippen MR) is 57.7 cm³/mol. The molecule has 1 rings (SSSR count). The van der Waals surface area contributed by atoms with Gasteiger partial charge in [0.2, 0.25) is 5.88 Å². The molecule has 0 aromatic carbocycles. The number of aromatic nitrogens is 2. The normalized spacial score (nSPS) is 12.5. The molecule has 1 heterocycles. The van der Waals surface area contributed by atoms with Gasteiger partial charge >= 0.3 is 0 Å². The smallest absolute Gasteiger partial charge is 0.213 e. The second-order valence-electron chi connectivity index (χ2n) is 5.11. The minimum atomic E-state index is -0.0576. The van der Waals surface area contributed by atoms with Crippen LogP contribution in [0.15, 0.2) is 0 Å². The molecule has 0 saturated carbocycles. The number of aromatic hydroxyl groups is 1. The first-order chi connectivity index (χ1) is 6.25. The lowest BCUT2D eigenvalue weighted by Gasteiger charge is -2.19. The van der Waals surface area contributed by atoms with E-state index in [1.807, 2.05) is 0 Å². The lowest BCUT2D eigenvalue weighted by molar-refractivity contribution is 0.401. The molecule has 3 nitrogen and oxygen atoms in total. The van der Waals surface area contributed by atoms with Gasteiger partial charge in [0.15, 0.2) is 0 Å².